The molecule has 258 valence electrons. The summed E-state index contributed by atoms with van der Waals surface area (Å²) >= 11 is 0. The first-order valence-electron chi connectivity index (χ1n) is 18.2. The van der Waals surface area contributed by atoms with Gasteiger partial charge in [-0.1, -0.05) is 121 Å². The normalized spacial score (nSPS) is 11.7. The molecule has 0 atom stereocenters. The van der Waals surface area contributed by atoms with E-state index in [1.807, 2.05) is 108 Å². The standard InChI is InChI=1S/C48H30N6O/c55-47-46-49-38-21-11-13-23-43(38)53(46)45-29-34(33-24-26-42-37(28-33)36-20-10-12-22-41(36)52(42)35-18-8-3-9-19-35)25-27-44(45)54(47)48-50-39(31-14-4-1-5-15-31)30-40(51-48)32-16-6-2-7-17-32/h1-30H. The molecule has 0 bridgehead atoms. The third kappa shape index (κ3) is 4.91. The predicted molar refractivity (Wildman–Crippen MR) is 222 cm³/mol. The number of para-hydroxylation sites is 4. The molecule has 0 N–H and O–H groups in total. The number of hydrogen-bond donors (Lipinski definition) is 0. The summed E-state index contributed by atoms with van der Waals surface area (Å²) in [5.41, 5.74) is 11.9. The number of fused-ring (bicyclic) bond motifs is 8. The molecule has 0 saturated heterocycles. The van der Waals surface area contributed by atoms with Crippen molar-refractivity contribution >= 4 is 49.5 Å². The lowest BCUT2D eigenvalue weighted by atomic mass is 10.0. The summed E-state index contributed by atoms with van der Waals surface area (Å²) in [4.78, 5) is 29.8. The van der Waals surface area contributed by atoms with Crippen LogP contribution < -0.4 is 5.56 Å². The molecule has 4 aromatic heterocycles. The Labute approximate surface area is 314 Å². The van der Waals surface area contributed by atoms with Gasteiger partial charge in [0.25, 0.3) is 0 Å². The molecule has 0 aliphatic heterocycles. The van der Waals surface area contributed by atoms with E-state index in [9.17, 15) is 4.79 Å². The predicted octanol–water partition coefficient (Wildman–Crippen LogP) is 10.7. The Hall–Kier alpha value is -7.64. The average Bonchev–Trinajstić information content (AvgIpc) is 3.81. The molecule has 7 heteroatoms. The van der Waals surface area contributed by atoms with Gasteiger partial charge in [-0.05, 0) is 71.8 Å². The van der Waals surface area contributed by atoms with Crippen molar-refractivity contribution in [2.75, 3.05) is 0 Å². The van der Waals surface area contributed by atoms with Crippen LogP contribution in [-0.2, 0) is 0 Å². The Bertz CT molecular complexity index is 3270. The van der Waals surface area contributed by atoms with Crippen LogP contribution in [0.25, 0.3) is 94.8 Å². The Morgan fingerprint density at radius 2 is 0.945 bits per heavy atom. The number of hydrogen-bond acceptors (Lipinski definition) is 4. The maximum absolute atomic E-state index is 14.8. The highest BCUT2D eigenvalue weighted by atomic mass is 16.1. The van der Waals surface area contributed by atoms with Gasteiger partial charge in [-0.25, -0.2) is 19.5 Å². The molecule has 0 aliphatic carbocycles. The molecule has 7 aromatic carbocycles. The van der Waals surface area contributed by atoms with Gasteiger partial charge < -0.3 is 4.57 Å². The molecule has 0 amide bonds. The van der Waals surface area contributed by atoms with Gasteiger partial charge >= 0.3 is 5.56 Å². The quantitative estimate of drug-likeness (QED) is 0.179. The molecule has 0 aliphatic rings. The fourth-order valence-corrected chi connectivity index (χ4v) is 7.95. The molecule has 0 radical (unpaired) electrons. The van der Waals surface area contributed by atoms with E-state index < -0.39 is 0 Å². The molecule has 7 nitrogen and oxygen atoms in total. The Balaban J connectivity index is 1.18. The molecule has 4 heterocycles. The van der Waals surface area contributed by atoms with Gasteiger partial charge in [-0.2, -0.15) is 0 Å². The van der Waals surface area contributed by atoms with E-state index in [0.29, 0.717) is 11.2 Å². The molecular weight excluding hydrogens is 677 g/mol. The van der Waals surface area contributed by atoms with E-state index in [0.717, 1.165) is 66.9 Å². The van der Waals surface area contributed by atoms with Crippen LogP contribution >= 0.6 is 0 Å². The summed E-state index contributed by atoms with van der Waals surface area (Å²) in [6.45, 7) is 0. The second-order valence-corrected chi connectivity index (χ2v) is 13.7. The molecule has 55 heavy (non-hydrogen) atoms. The van der Waals surface area contributed by atoms with E-state index in [2.05, 4.69) is 83.4 Å². The van der Waals surface area contributed by atoms with Crippen molar-refractivity contribution in [2.45, 2.75) is 0 Å². The largest absolute Gasteiger partial charge is 0.309 e. The van der Waals surface area contributed by atoms with Crippen LogP contribution in [0, 0.1) is 0 Å². The van der Waals surface area contributed by atoms with Crippen molar-refractivity contribution < 1.29 is 0 Å². The fraction of sp³-hybridized carbons (Fsp3) is 0. The molecule has 11 aromatic rings. The number of nitrogens with zero attached hydrogens (tertiary/aromatic N) is 6. The zero-order chi connectivity index (χ0) is 36.5. The van der Waals surface area contributed by atoms with Crippen LogP contribution in [0.3, 0.4) is 0 Å². The number of benzene rings is 7. The van der Waals surface area contributed by atoms with Crippen LogP contribution in [0.2, 0.25) is 0 Å². The average molecular weight is 707 g/mol. The minimum Gasteiger partial charge on any atom is -0.309 e. The smallest absolute Gasteiger partial charge is 0.301 e. The summed E-state index contributed by atoms with van der Waals surface area (Å²) in [5.74, 6) is 0.285. The van der Waals surface area contributed by atoms with Crippen LogP contribution in [0.15, 0.2) is 187 Å². The topological polar surface area (TPSA) is 70.0 Å². The van der Waals surface area contributed by atoms with Crippen molar-refractivity contribution in [2.24, 2.45) is 0 Å². The SMILES string of the molecule is O=c1c2nc3ccccc3n2c2cc(-c3ccc4c(c3)c3ccccc3n4-c3ccccc3)ccc2n1-c1nc(-c2ccccc2)cc(-c2ccccc2)n1. The van der Waals surface area contributed by atoms with Crippen LogP contribution in [-0.4, -0.2) is 28.5 Å². The summed E-state index contributed by atoms with van der Waals surface area (Å²) in [5, 5.41) is 2.35. The second kappa shape index (κ2) is 12.2. The first-order valence-corrected chi connectivity index (χ1v) is 18.2. The lowest BCUT2D eigenvalue weighted by molar-refractivity contribution is 0.918. The molecule has 0 unspecified atom stereocenters. The van der Waals surface area contributed by atoms with Crippen molar-refractivity contribution in [3.63, 3.8) is 0 Å². The Kier molecular flexibility index (Phi) is 6.87. The van der Waals surface area contributed by atoms with E-state index >= 15 is 0 Å². The lowest BCUT2D eigenvalue weighted by Gasteiger charge is -2.15. The minimum absolute atomic E-state index is 0.285. The van der Waals surface area contributed by atoms with Crippen molar-refractivity contribution in [1.82, 2.24) is 28.5 Å². The van der Waals surface area contributed by atoms with E-state index in [4.69, 9.17) is 15.0 Å². The Morgan fingerprint density at radius 1 is 0.382 bits per heavy atom. The summed E-state index contributed by atoms with van der Waals surface area (Å²) in [6.07, 6.45) is 0. The van der Waals surface area contributed by atoms with E-state index in [1.54, 1.807) is 4.57 Å². The van der Waals surface area contributed by atoms with Gasteiger partial charge in [-0.15, -0.1) is 0 Å². The lowest BCUT2D eigenvalue weighted by Crippen LogP contribution is -2.24. The summed E-state index contributed by atoms with van der Waals surface area (Å²) in [6, 6.07) is 61.8. The minimum atomic E-state index is -0.296. The molecular formula is C48H30N6O. The maximum atomic E-state index is 14.8. The van der Waals surface area contributed by atoms with Crippen LogP contribution in [0.1, 0.15) is 0 Å². The molecule has 0 saturated carbocycles. The third-order valence-corrected chi connectivity index (χ3v) is 10.5. The van der Waals surface area contributed by atoms with Gasteiger partial charge in [0.1, 0.15) is 0 Å². The van der Waals surface area contributed by atoms with Crippen molar-refractivity contribution in [3.05, 3.63) is 192 Å². The fourth-order valence-electron chi connectivity index (χ4n) is 7.95. The van der Waals surface area contributed by atoms with Gasteiger partial charge in [0.2, 0.25) is 11.6 Å². The van der Waals surface area contributed by atoms with Gasteiger partial charge in [0, 0.05) is 27.6 Å². The molecule has 0 spiro atoms. The van der Waals surface area contributed by atoms with Gasteiger partial charge in [0.15, 0.2) is 0 Å². The second-order valence-electron chi connectivity index (χ2n) is 13.7. The van der Waals surface area contributed by atoms with Gasteiger partial charge in [-0.3, -0.25) is 9.20 Å². The first kappa shape index (κ1) is 30.9. The monoisotopic (exact) mass is 706 g/mol. The van der Waals surface area contributed by atoms with E-state index in [1.165, 1.54) is 10.8 Å². The maximum Gasteiger partial charge on any atom is 0.301 e. The van der Waals surface area contributed by atoms with Crippen LogP contribution in [0.4, 0.5) is 0 Å². The highest BCUT2D eigenvalue weighted by Gasteiger charge is 2.21. The molecule has 11 rings (SSSR count). The first-order chi connectivity index (χ1) is 27.2. The Morgan fingerprint density at radius 3 is 1.65 bits per heavy atom. The van der Waals surface area contributed by atoms with Crippen LogP contribution in [0.5, 0.6) is 0 Å². The summed E-state index contributed by atoms with van der Waals surface area (Å²) in [7, 11) is 0. The van der Waals surface area contributed by atoms with Gasteiger partial charge in [0.05, 0.1) is 44.5 Å². The molecule has 0 fully saturated rings. The zero-order valence-electron chi connectivity index (χ0n) is 29.4. The van der Waals surface area contributed by atoms with Crippen molar-refractivity contribution in [3.8, 4) is 45.3 Å². The highest BCUT2D eigenvalue weighted by molar-refractivity contribution is 6.10. The van der Waals surface area contributed by atoms with Crippen molar-refractivity contribution in [1.29, 1.82) is 0 Å². The highest BCUT2D eigenvalue weighted by Crippen LogP contribution is 2.36. The summed E-state index contributed by atoms with van der Waals surface area (Å²) < 4.78 is 5.92. The zero-order valence-corrected chi connectivity index (χ0v) is 29.4. The number of imidazole rings is 1. The number of aromatic nitrogens is 6. The van der Waals surface area contributed by atoms with E-state index in [-0.39, 0.29) is 11.5 Å². The third-order valence-electron chi connectivity index (χ3n) is 10.5. The number of rotatable bonds is 5.